The molecule has 0 aliphatic rings. The number of aromatic nitrogens is 3. The Bertz CT molecular complexity index is 617. The van der Waals surface area contributed by atoms with Gasteiger partial charge in [0.05, 0.1) is 17.1 Å². The highest BCUT2D eigenvalue weighted by Gasteiger charge is 2.35. The smallest absolute Gasteiger partial charge is 0.396 e. The minimum Gasteiger partial charge on any atom is -0.396 e. The first-order valence-corrected chi connectivity index (χ1v) is 6.28. The Balaban J connectivity index is 2.69. The van der Waals surface area contributed by atoms with E-state index in [1.807, 2.05) is 13.8 Å². The molecule has 0 saturated heterocycles. The molecular weight excluding hydrogens is 269 g/mol. The second-order valence-corrected chi connectivity index (χ2v) is 4.30. The summed E-state index contributed by atoms with van der Waals surface area (Å²) in [4.78, 5) is 3.84. The zero-order valence-corrected chi connectivity index (χ0v) is 11.2. The van der Waals surface area contributed by atoms with Crippen LogP contribution in [0, 0.1) is 0 Å². The lowest BCUT2D eigenvalue weighted by Crippen LogP contribution is -2.14. The zero-order chi connectivity index (χ0) is 14.9. The molecule has 0 spiro atoms. The van der Waals surface area contributed by atoms with Crippen LogP contribution < -0.4 is 5.73 Å². The third kappa shape index (κ3) is 2.35. The van der Waals surface area contributed by atoms with Gasteiger partial charge < -0.3 is 5.73 Å². The number of nitrogen functional groups attached to an aromatic ring is 1. The summed E-state index contributed by atoms with van der Waals surface area (Å²) in [6, 6.07) is 2.25. The van der Waals surface area contributed by atoms with Gasteiger partial charge in [0, 0.05) is 6.20 Å². The average Bonchev–Trinajstić information content (AvgIpc) is 2.74. The number of nitrogens with zero attached hydrogens (tertiary/aromatic N) is 3. The third-order valence-corrected chi connectivity index (χ3v) is 3.06. The van der Waals surface area contributed by atoms with Crippen LogP contribution in [0.2, 0.25) is 0 Å². The number of nitrogens with two attached hydrogens (primary N) is 1. The summed E-state index contributed by atoms with van der Waals surface area (Å²) in [5, 5.41) is 4.17. The van der Waals surface area contributed by atoms with E-state index in [0.717, 1.165) is 6.07 Å². The molecule has 0 unspecified atom stereocenters. The minimum absolute atomic E-state index is 0.233. The Morgan fingerprint density at radius 2 is 1.95 bits per heavy atom. The summed E-state index contributed by atoms with van der Waals surface area (Å²) >= 11 is 0. The molecule has 0 fully saturated rings. The van der Waals surface area contributed by atoms with Crippen molar-refractivity contribution in [2.75, 3.05) is 5.73 Å². The molecule has 0 bridgehead atoms. The number of hydrogen-bond donors (Lipinski definition) is 1. The Labute approximate surface area is 114 Å². The number of anilines is 1. The molecule has 2 rings (SSSR count). The minimum atomic E-state index is -4.48. The maximum atomic E-state index is 13.0. The van der Waals surface area contributed by atoms with Crippen LogP contribution in [0.1, 0.15) is 30.8 Å². The first kappa shape index (κ1) is 14.4. The van der Waals surface area contributed by atoms with Crippen LogP contribution in [0.5, 0.6) is 0 Å². The molecule has 20 heavy (non-hydrogen) atoms. The predicted octanol–water partition coefficient (Wildman–Crippen LogP) is 2.99. The van der Waals surface area contributed by atoms with Gasteiger partial charge >= 0.3 is 6.18 Å². The summed E-state index contributed by atoms with van der Waals surface area (Å²) in [7, 11) is 0. The summed E-state index contributed by atoms with van der Waals surface area (Å²) in [6.07, 6.45) is -2.14. The molecule has 2 N–H and O–H groups in total. The lowest BCUT2D eigenvalue weighted by Gasteiger charge is -2.13. The maximum Gasteiger partial charge on any atom is 0.420 e. The number of aryl methyl sites for hydroxylation is 1. The molecule has 108 valence electrons. The van der Waals surface area contributed by atoms with E-state index < -0.39 is 11.7 Å². The van der Waals surface area contributed by atoms with Gasteiger partial charge in [0.15, 0.2) is 5.82 Å². The zero-order valence-electron chi connectivity index (χ0n) is 11.2. The second kappa shape index (κ2) is 5.15. The van der Waals surface area contributed by atoms with Crippen molar-refractivity contribution in [1.29, 1.82) is 0 Å². The van der Waals surface area contributed by atoms with E-state index in [-0.39, 0.29) is 5.82 Å². The number of alkyl halides is 3. The average molecular weight is 284 g/mol. The van der Waals surface area contributed by atoms with Crippen molar-refractivity contribution in [3.8, 4) is 5.82 Å². The standard InChI is InChI=1S/C13H15F3N4/c1-3-9-11(17)10(4-2)20(19-9)12-8(13(14,15)16)6-5-7-18-12/h5-7H,3-4,17H2,1-2H3. The molecule has 0 amide bonds. The fourth-order valence-electron chi connectivity index (χ4n) is 2.08. The van der Waals surface area contributed by atoms with Gasteiger partial charge in [-0.05, 0) is 25.0 Å². The van der Waals surface area contributed by atoms with Gasteiger partial charge in [-0.1, -0.05) is 13.8 Å². The first-order chi connectivity index (χ1) is 9.40. The summed E-state index contributed by atoms with van der Waals surface area (Å²) in [5.74, 6) is -0.233. The summed E-state index contributed by atoms with van der Waals surface area (Å²) < 4.78 is 40.3. The van der Waals surface area contributed by atoms with E-state index in [4.69, 9.17) is 5.73 Å². The molecule has 4 nitrogen and oxygen atoms in total. The van der Waals surface area contributed by atoms with Crippen LogP contribution in [0.15, 0.2) is 18.3 Å². The van der Waals surface area contributed by atoms with Crippen LogP contribution >= 0.6 is 0 Å². The molecular formula is C13H15F3N4. The monoisotopic (exact) mass is 284 g/mol. The SMILES string of the molecule is CCc1nn(-c2ncccc2C(F)(F)F)c(CC)c1N. The highest BCUT2D eigenvalue weighted by Crippen LogP contribution is 2.34. The third-order valence-electron chi connectivity index (χ3n) is 3.06. The van der Waals surface area contributed by atoms with Crippen molar-refractivity contribution in [3.05, 3.63) is 35.3 Å². The van der Waals surface area contributed by atoms with Gasteiger partial charge in [-0.3, -0.25) is 0 Å². The Morgan fingerprint density at radius 3 is 2.50 bits per heavy atom. The van der Waals surface area contributed by atoms with Gasteiger partial charge in [0.2, 0.25) is 0 Å². The van der Waals surface area contributed by atoms with Crippen LogP contribution in [0.3, 0.4) is 0 Å². The largest absolute Gasteiger partial charge is 0.420 e. The van der Waals surface area contributed by atoms with E-state index in [9.17, 15) is 13.2 Å². The van der Waals surface area contributed by atoms with Crippen molar-refractivity contribution in [1.82, 2.24) is 14.8 Å². The molecule has 2 aromatic heterocycles. The number of rotatable bonds is 3. The maximum absolute atomic E-state index is 13.0. The number of hydrogen-bond acceptors (Lipinski definition) is 3. The van der Waals surface area contributed by atoms with Gasteiger partial charge in [0.1, 0.15) is 5.56 Å². The van der Waals surface area contributed by atoms with E-state index >= 15 is 0 Å². The summed E-state index contributed by atoms with van der Waals surface area (Å²) in [5.41, 5.74) is 6.68. The van der Waals surface area contributed by atoms with Crippen LogP contribution in [-0.2, 0) is 19.0 Å². The van der Waals surface area contributed by atoms with E-state index in [2.05, 4.69) is 10.1 Å². The van der Waals surface area contributed by atoms with Gasteiger partial charge in [0.25, 0.3) is 0 Å². The van der Waals surface area contributed by atoms with E-state index in [0.29, 0.717) is 29.9 Å². The number of halogens is 3. The topological polar surface area (TPSA) is 56.7 Å². The lowest BCUT2D eigenvalue weighted by atomic mass is 10.2. The normalized spacial score (nSPS) is 11.8. The molecule has 0 aromatic carbocycles. The fourth-order valence-corrected chi connectivity index (χ4v) is 2.08. The van der Waals surface area contributed by atoms with Crippen LogP contribution in [-0.4, -0.2) is 14.8 Å². The van der Waals surface area contributed by atoms with Crippen LogP contribution in [0.25, 0.3) is 5.82 Å². The van der Waals surface area contributed by atoms with Crippen molar-refractivity contribution in [2.45, 2.75) is 32.9 Å². The molecule has 2 heterocycles. The lowest BCUT2D eigenvalue weighted by molar-refractivity contribution is -0.137. The molecule has 2 aromatic rings. The fraction of sp³-hybridized carbons (Fsp3) is 0.385. The first-order valence-electron chi connectivity index (χ1n) is 6.28. The van der Waals surface area contributed by atoms with Crippen molar-refractivity contribution in [3.63, 3.8) is 0 Å². The van der Waals surface area contributed by atoms with Crippen molar-refractivity contribution < 1.29 is 13.2 Å². The Hall–Kier alpha value is -2.05. The molecule has 0 radical (unpaired) electrons. The molecule has 0 saturated carbocycles. The highest BCUT2D eigenvalue weighted by molar-refractivity contribution is 5.52. The van der Waals surface area contributed by atoms with E-state index in [1.54, 1.807) is 0 Å². The predicted molar refractivity (Wildman–Crippen MR) is 69.5 cm³/mol. The van der Waals surface area contributed by atoms with Gasteiger partial charge in [-0.2, -0.15) is 18.3 Å². The quantitative estimate of drug-likeness (QED) is 0.942. The molecule has 7 heteroatoms. The van der Waals surface area contributed by atoms with Crippen molar-refractivity contribution in [2.24, 2.45) is 0 Å². The van der Waals surface area contributed by atoms with Crippen LogP contribution in [0.4, 0.5) is 18.9 Å². The second-order valence-electron chi connectivity index (χ2n) is 4.30. The Morgan fingerprint density at radius 1 is 1.25 bits per heavy atom. The van der Waals surface area contributed by atoms with Crippen molar-refractivity contribution >= 4 is 5.69 Å². The van der Waals surface area contributed by atoms with Gasteiger partial charge in [-0.15, -0.1) is 0 Å². The van der Waals surface area contributed by atoms with Gasteiger partial charge in [-0.25, -0.2) is 9.67 Å². The summed E-state index contributed by atoms with van der Waals surface area (Å²) in [6.45, 7) is 3.67. The molecule has 0 aliphatic heterocycles. The molecule has 0 aliphatic carbocycles. The Kier molecular flexibility index (Phi) is 3.69. The van der Waals surface area contributed by atoms with E-state index in [1.165, 1.54) is 16.9 Å². The number of pyridine rings is 1. The molecule has 0 atom stereocenters. The highest BCUT2D eigenvalue weighted by atomic mass is 19.4.